The number of rotatable bonds is 11. The van der Waals surface area contributed by atoms with Gasteiger partial charge in [-0.05, 0) is 55.7 Å². The van der Waals surface area contributed by atoms with Crippen molar-refractivity contribution in [2.75, 3.05) is 13.2 Å². The molecule has 160 valence electrons. The average Bonchev–Trinajstić information content (AvgIpc) is 2.45. The van der Waals surface area contributed by atoms with Crippen LogP contribution in [0.4, 0.5) is 13.2 Å². The third kappa shape index (κ3) is 10.9. The summed E-state index contributed by atoms with van der Waals surface area (Å²) in [4.78, 5) is 10.8. The molecule has 0 radical (unpaired) electrons. The van der Waals surface area contributed by atoms with Crippen LogP contribution < -0.4 is 5.32 Å². The molecule has 0 aliphatic rings. The topological polar surface area (TPSA) is 38.3 Å². The van der Waals surface area contributed by atoms with E-state index in [-0.39, 0.29) is 17.0 Å². The van der Waals surface area contributed by atoms with Crippen molar-refractivity contribution in [3.63, 3.8) is 0 Å². The summed E-state index contributed by atoms with van der Waals surface area (Å²) in [5, 5.41) is 2.12. The number of halogens is 3. The van der Waals surface area contributed by atoms with E-state index in [1.807, 2.05) is 5.32 Å². The molecule has 0 aromatic carbocycles. The zero-order valence-corrected chi connectivity index (χ0v) is 19.1. The average molecular weight is 410 g/mol. The van der Waals surface area contributed by atoms with E-state index >= 15 is 0 Å². The summed E-state index contributed by atoms with van der Waals surface area (Å²) in [5.41, 5.74) is 1.08. The van der Waals surface area contributed by atoms with Crippen LogP contribution in [0.2, 0.25) is 18.1 Å². The molecule has 27 heavy (non-hydrogen) atoms. The molecule has 0 rings (SSSR count). The molecule has 0 atom stereocenters. The van der Waals surface area contributed by atoms with Crippen molar-refractivity contribution in [1.29, 1.82) is 0 Å². The first-order chi connectivity index (χ1) is 12.0. The second-order valence-electron chi connectivity index (χ2n) is 9.66. The number of amides is 1. The van der Waals surface area contributed by atoms with E-state index in [0.717, 1.165) is 37.9 Å². The third-order valence-corrected chi connectivity index (χ3v) is 9.78. The lowest BCUT2D eigenvalue weighted by molar-refractivity contribution is -0.173. The Labute approximate surface area is 164 Å². The minimum atomic E-state index is -4.81. The van der Waals surface area contributed by atoms with Gasteiger partial charge in [0.25, 0.3) is 0 Å². The molecular formula is C20H38F3NO2Si. The van der Waals surface area contributed by atoms with Gasteiger partial charge in [0.15, 0.2) is 8.32 Å². The number of carbonyl (C=O) groups is 1. The lowest BCUT2D eigenvalue weighted by atomic mass is 9.81. The van der Waals surface area contributed by atoms with Gasteiger partial charge in [-0.1, -0.05) is 46.8 Å². The van der Waals surface area contributed by atoms with Crippen LogP contribution in [-0.2, 0) is 9.22 Å². The number of nitrogens with one attached hydrogen (secondary N) is 1. The molecule has 0 aromatic rings. The SMILES string of the molecule is C=C(CCCO[Si](C)(C)C(C)(C)C)CC(C)(C)CCCNC(=O)C(F)(F)F. The van der Waals surface area contributed by atoms with Gasteiger partial charge in [0.1, 0.15) is 0 Å². The van der Waals surface area contributed by atoms with E-state index in [1.165, 1.54) is 0 Å². The molecule has 0 unspecified atom stereocenters. The largest absolute Gasteiger partial charge is 0.471 e. The number of hydrogen-bond donors (Lipinski definition) is 1. The minimum absolute atomic E-state index is 0.0363. The van der Waals surface area contributed by atoms with Crippen LogP contribution >= 0.6 is 0 Å². The molecule has 0 saturated carbocycles. The third-order valence-electron chi connectivity index (χ3n) is 5.25. The number of allylic oxidation sites excluding steroid dienone is 1. The smallest absolute Gasteiger partial charge is 0.417 e. The fourth-order valence-corrected chi connectivity index (χ4v) is 3.68. The highest BCUT2D eigenvalue weighted by Gasteiger charge is 2.38. The highest BCUT2D eigenvalue weighted by atomic mass is 28.4. The summed E-state index contributed by atoms with van der Waals surface area (Å²) in [5.74, 6) is -1.87. The fourth-order valence-electron chi connectivity index (χ4n) is 2.59. The van der Waals surface area contributed by atoms with Crippen molar-refractivity contribution in [2.24, 2.45) is 5.41 Å². The van der Waals surface area contributed by atoms with E-state index in [9.17, 15) is 18.0 Å². The molecule has 1 N–H and O–H groups in total. The molecular weight excluding hydrogens is 371 g/mol. The Bertz CT molecular complexity index is 494. The molecule has 0 aliphatic heterocycles. The number of carbonyl (C=O) groups excluding carboxylic acids is 1. The van der Waals surface area contributed by atoms with Gasteiger partial charge in [-0.3, -0.25) is 4.79 Å². The zero-order valence-electron chi connectivity index (χ0n) is 18.1. The van der Waals surface area contributed by atoms with Crippen LogP contribution in [-0.4, -0.2) is 33.6 Å². The molecule has 0 aliphatic carbocycles. The Balaban J connectivity index is 4.10. The fraction of sp³-hybridized carbons (Fsp3) is 0.850. The second-order valence-corrected chi connectivity index (χ2v) is 14.5. The highest BCUT2D eigenvalue weighted by molar-refractivity contribution is 6.74. The van der Waals surface area contributed by atoms with Crippen molar-refractivity contribution in [3.8, 4) is 0 Å². The first-order valence-electron chi connectivity index (χ1n) is 9.64. The van der Waals surface area contributed by atoms with Gasteiger partial charge in [-0.25, -0.2) is 0 Å². The van der Waals surface area contributed by atoms with E-state index < -0.39 is 20.4 Å². The predicted octanol–water partition coefficient (Wildman–Crippen LogP) is 6.22. The van der Waals surface area contributed by atoms with Crippen molar-refractivity contribution in [1.82, 2.24) is 5.32 Å². The zero-order chi connectivity index (χ0) is 21.5. The van der Waals surface area contributed by atoms with E-state index in [4.69, 9.17) is 4.43 Å². The maximum Gasteiger partial charge on any atom is 0.471 e. The van der Waals surface area contributed by atoms with Gasteiger partial charge in [0, 0.05) is 13.2 Å². The Hall–Kier alpha value is -0.823. The Morgan fingerprint density at radius 3 is 2.11 bits per heavy atom. The normalized spacial score (nSPS) is 13.6. The predicted molar refractivity (Wildman–Crippen MR) is 108 cm³/mol. The van der Waals surface area contributed by atoms with Crippen LogP contribution in [0.1, 0.15) is 66.7 Å². The molecule has 3 nitrogen and oxygen atoms in total. The van der Waals surface area contributed by atoms with Crippen LogP contribution in [0, 0.1) is 5.41 Å². The summed E-state index contributed by atoms with van der Waals surface area (Å²) < 4.78 is 42.6. The lowest BCUT2D eigenvalue weighted by Gasteiger charge is -2.36. The molecule has 0 spiro atoms. The van der Waals surface area contributed by atoms with Crippen molar-refractivity contribution in [3.05, 3.63) is 12.2 Å². The lowest BCUT2D eigenvalue weighted by Crippen LogP contribution is -2.40. The van der Waals surface area contributed by atoms with Crippen molar-refractivity contribution < 1.29 is 22.4 Å². The van der Waals surface area contributed by atoms with Crippen LogP contribution in [0.5, 0.6) is 0 Å². The first-order valence-corrected chi connectivity index (χ1v) is 12.5. The maximum atomic E-state index is 12.1. The van der Waals surface area contributed by atoms with Crippen LogP contribution in [0.3, 0.4) is 0 Å². The minimum Gasteiger partial charge on any atom is -0.417 e. The van der Waals surface area contributed by atoms with E-state index in [1.54, 1.807) is 0 Å². The monoisotopic (exact) mass is 409 g/mol. The van der Waals surface area contributed by atoms with Gasteiger partial charge in [0.05, 0.1) is 0 Å². The van der Waals surface area contributed by atoms with E-state index in [2.05, 4.69) is 54.3 Å². The summed E-state index contributed by atoms with van der Waals surface area (Å²) in [6, 6.07) is 0. The Morgan fingerprint density at radius 1 is 1.07 bits per heavy atom. The Kier molecular flexibility index (Phi) is 9.79. The molecule has 7 heteroatoms. The summed E-state index contributed by atoms with van der Waals surface area (Å²) in [7, 11) is -1.71. The summed E-state index contributed by atoms with van der Waals surface area (Å²) in [6.07, 6.45) is -0.927. The van der Waals surface area contributed by atoms with E-state index in [0.29, 0.717) is 6.42 Å². The summed E-state index contributed by atoms with van der Waals surface area (Å²) in [6.45, 7) is 20.2. The molecule has 0 heterocycles. The van der Waals surface area contributed by atoms with Crippen molar-refractivity contribution in [2.45, 2.75) is 91.0 Å². The standard InChI is InChI=1S/C20H38F3NO2Si/c1-16(11-9-14-26-27(7,8)18(2,3)4)15-19(5,6)12-10-13-24-17(25)20(21,22)23/h1,9-15H2,2-8H3,(H,24,25). The van der Waals surface area contributed by atoms with Gasteiger partial charge in [0.2, 0.25) is 0 Å². The molecule has 0 aromatic heterocycles. The second kappa shape index (κ2) is 10.1. The number of hydrogen-bond acceptors (Lipinski definition) is 2. The van der Waals surface area contributed by atoms with Gasteiger partial charge < -0.3 is 9.74 Å². The molecule has 0 bridgehead atoms. The van der Waals surface area contributed by atoms with Crippen LogP contribution in [0.15, 0.2) is 12.2 Å². The van der Waals surface area contributed by atoms with Crippen molar-refractivity contribution >= 4 is 14.2 Å². The highest BCUT2D eigenvalue weighted by Crippen LogP contribution is 2.37. The number of alkyl halides is 3. The van der Waals surface area contributed by atoms with Gasteiger partial charge in [-0.2, -0.15) is 13.2 Å². The first kappa shape index (κ1) is 26.2. The quantitative estimate of drug-likeness (QED) is 0.250. The maximum absolute atomic E-state index is 12.1. The van der Waals surface area contributed by atoms with Gasteiger partial charge in [-0.15, -0.1) is 0 Å². The van der Waals surface area contributed by atoms with Crippen LogP contribution in [0.25, 0.3) is 0 Å². The summed E-state index contributed by atoms with van der Waals surface area (Å²) >= 11 is 0. The molecule has 0 saturated heterocycles. The van der Waals surface area contributed by atoms with Gasteiger partial charge >= 0.3 is 12.1 Å². The Morgan fingerprint density at radius 2 is 1.63 bits per heavy atom. The molecule has 0 fully saturated rings. The molecule has 1 amide bonds.